The smallest absolute Gasteiger partial charge is 0.332 e. The molecule has 0 radical (unpaired) electrons. The van der Waals surface area contributed by atoms with Crippen molar-refractivity contribution in [1.29, 1.82) is 0 Å². The highest BCUT2D eigenvalue weighted by Gasteiger charge is 2.18. The van der Waals surface area contributed by atoms with Gasteiger partial charge >= 0.3 is 5.69 Å². The van der Waals surface area contributed by atoms with Crippen molar-refractivity contribution in [2.75, 3.05) is 4.90 Å². The van der Waals surface area contributed by atoms with E-state index in [1.807, 2.05) is 36.4 Å². The summed E-state index contributed by atoms with van der Waals surface area (Å²) in [5.41, 5.74) is 2.16. The van der Waals surface area contributed by atoms with Crippen molar-refractivity contribution in [1.82, 2.24) is 19.1 Å². The Kier molecular flexibility index (Phi) is 4.57. The third-order valence-electron chi connectivity index (χ3n) is 4.81. The predicted octanol–water partition coefficient (Wildman–Crippen LogP) is 2.17. The molecular formula is C21H21N5O2. The summed E-state index contributed by atoms with van der Waals surface area (Å²) in [5, 5.41) is 0. The molecule has 0 aliphatic heterocycles. The van der Waals surface area contributed by atoms with Crippen LogP contribution in [0.1, 0.15) is 11.1 Å². The second-order valence-electron chi connectivity index (χ2n) is 6.79. The van der Waals surface area contributed by atoms with Crippen LogP contribution in [0.5, 0.6) is 0 Å². The van der Waals surface area contributed by atoms with Gasteiger partial charge in [-0.05, 0) is 11.1 Å². The third kappa shape index (κ3) is 3.22. The lowest BCUT2D eigenvalue weighted by Crippen LogP contribution is -2.36. The van der Waals surface area contributed by atoms with Crippen LogP contribution in [-0.2, 0) is 27.2 Å². The summed E-state index contributed by atoms with van der Waals surface area (Å²) in [6.45, 7) is 1.23. The highest BCUT2D eigenvalue weighted by Crippen LogP contribution is 2.19. The molecule has 28 heavy (non-hydrogen) atoms. The molecule has 142 valence electrons. The lowest BCUT2D eigenvalue weighted by Gasteiger charge is -2.22. The van der Waals surface area contributed by atoms with Crippen LogP contribution in [0.15, 0.2) is 70.3 Å². The van der Waals surface area contributed by atoms with E-state index in [0.29, 0.717) is 30.2 Å². The molecule has 2 aromatic heterocycles. The lowest BCUT2D eigenvalue weighted by molar-refractivity contribution is 0.708. The molecule has 0 saturated heterocycles. The monoisotopic (exact) mass is 375 g/mol. The van der Waals surface area contributed by atoms with Crippen molar-refractivity contribution >= 4 is 17.1 Å². The first kappa shape index (κ1) is 17.8. The Morgan fingerprint density at radius 3 is 1.93 bits per heavy atom. The summed E-state index contributed by atoms with van der Waals surface area (Å²) in [6.07, 6.45) is 0. The fourth-order valence-corrected chi connectivity index (χ4v) is 3.28. The average Bonchev–Trinajstić information content (AvgIpc) is 3.17. The van der Waals surface area contributed by atoms with E-state index in [-0.39, 0.29) is 5.56 Å². The number of hydrogen-bond acceptors (Lipinski definition) is 4. The Balaban J connectivity index is 1.81. The molecule has 1 N–H and O–H groups in total. The Bertz CT molecular complexity index is 1180. The molecule has 0 bridgehead atoms. The normalized spacial score (nSPS) is 11.1. The third-order valence-corrected chi connectivity index (χ3v) is 4.81. The molecule has 0 amide bonds. The number of rotatable bonds is 5. The van der Waals surface area contributed by atoms with Crippen LogP contribution >= 0.6 is 0 Å². The van der Waals surface area contributed by atoms with E-state index in [0.717, 1.165) is 15.7 Å². The molecule has 0 aliphatic rings. The van der Waals surface area contributed by atoms with Crippen LogP contribution < -0.4 is 16.1 Å². The Hall–Kier alpha value is -3.61. The standard InChI is InChI=1S/C21H21N5O2/c1-24-18-17(19(27)25(2)21(24)28)22-20(23-18)26(13-15-9-5-3-6-10-15)14-16-11-7-4-8-12-16/h3-12H,13-14H2,1-2H3,(H,22,23). The first-order valence-electron chi connectivity index (χ1n) is 9.03. The van der Waals surface area contributed by atoms with Crippen molar-refractivity contribution in [3.8, 4) is 0 Å². The van der Waals surface area contributed by atoms with Gasteiger partial charge in [0.2, 0.25) is 5.95 Å². The summed E-state index contributed by atoms with van der Waals surface area (Å²) < 4.78 is 2.48. The Morgan fingerprint density at radius 2 is 1.39 bits per heavy atom. The molecular weight excluding hydrogens is 354 g/mol. The van der Waals surface area contributed by atoms with Gasteiger partial charge in [-0.3, -0.25) is 13.9 Å². The predicted molar refractivity (Wildman–Crippen MR) is 109 cm³/mol. The molecule has 7 nitrogen and oxygen atoms in total. The molecule has 0 unspecified atom stereocenters. The van der Waals surface area contributed by atoms with Crippen LogP contribution in [0.4, 0.5) is 5.95 Å². The van der Waals surface area contributed by atoms with Gasteiger partial charge in [-0.25, -0.2) is 4.79 Å². The second kappa shape index (κ2) is 7.19. The topological polar surface area (TPSA) is 75.9 Å². The number of aromatic nitrogens is 4. The summed E-state index contributed by atoms with van der Waals surface area (Å²) in [7, 11) is 3.09. The Morgan fingerprint density at radius 1 is 0.857 bits per heavy atom. The van der Waals surface area contributed by atoms with Gasteiger partial charge in [-0.2, -0.15) is 4.98 Å². The average molecular weight is 375 g/mol. The second-order valence-corrected chi connectivity index (χ2v) is 6.79. The number of hydrogen-bond donors (Lipinski definition) is 1. The maximum Gasteiger partial charge on any atom is 0.332 e. The van der Waals surface area contributed by atoms with Crippen molar-refractivity contribution in [2.24, 2.45) is 14.1 Å². The summed E-state index contributed by atoms with van der Waals surface area (Å²) in [4.78, 5) is 34.5. The van der Waals surface area contributed by atoms with E-state index in [4.69, 9.17) is 0 Å². The number of benzene rings is 2. The molecule has 2 heterocycles. The lowest BCUT2D eigenvalue weighted by atomic mass is 10.2. The van der Waals surface area contributed by atoms with E-state index in [2.05, 4.69) is 39.1 Å². The highest BCUT2D eigenvalue weighted by atomic mass is 16.2. The number of nitrogens with one attached hydrogen (secondary N) is 1. The minimum absolute atomic E-state index is 0.325. The molecule has 0 atom stereocenters. The molecule has 0 spiro atoms. The van der Waals surface area contributed by atoms with E-state index in [1.165, 1.54) is 11.6 Å². The molecule has 4 aromatic rings. The van der Waals surface area contributed by atoms with E-state index < -0.39 is 5.69 Å². The number of aryl methyl sites for hydroxylation is 1. The number of aromatic amines is 1. The van der Waals surface area contributed by atoms with Crippen LogP contribution in [0.3, 0.4) is 0 Å². The zero-order valence-electron chi connectivity index (χ0n) is 15.8. The fourth-order valence-electron chi connectivity index (χ4n) is 3.28. The zero-order valence-corrected chi connectivity index (χ0v) is 15.8. The van der Waals surface area contributed by atoms with Crippen LogP contribution in [0, 0.1) is 0 Å². The highest BCUT2D eigenvalue weighted by molar-refractivity contribution is 5.73. The van der Waals surface area contributed by atoms with Gasteiger partial charge < -0.3 is 9.88 Å². The Labute approximate surface area is 161 Å². The molecule has 0 aliphatic carbocycles. The fraction of sp³-hybridized carbons (Fsp3) is 0.190. The largest absolute Gasteiger partial charge is 0.334 e. The number of fused-ring (bicyclic) bond motifs is 1. The molecule has 7 heteroatoms. The molecule has 0 fully saturated rings. The van der Waals surface area contributed by atoms with E-state index in [9.17, 15) is 9.59 Å². The van der Waals surface area contributed by atoms with Crippen molar-refractivity contribution in [3.63, 3.8) is 0 Å². The van der Waals surface area contributed by atoms with Gasteiger partial charge in [0.15, 0.2) is 11.2 Å². The summed E-state index contributed by atoms with van der Waals surface area (Å²) in [6, 6.07) is 20.1. The summed E-state index contributed by atoms with van der Waals surface area (Å²) >= 11 is 0. The van der Waals surface area contributed by atoms with Crippen molar-refractivity contribution in [2.45, 2.75) is 13.1 Å². The number of anilines is 1. The van der Waals surface area contributed by atoms with Crippen LogP contribution in [0.25, 0.3) is 11.2 Å². The minimum atomic E-state index is -0.395. The number of nitrogens with zero attached hydrogens (tertiary/aromatic N) is 4. The zero-order chi connectivity index (χ0) is 19.7. The van der Waals surface area contributed by atoms with Gasteiger partial charge in [0.05, 0.1) is 0 Å². The quantitative estimate of drug-likeness (QED) is 0.580. The van der Waals surface area contributed by atoms with Gasteiger partial charge in [0.25, 0.3) is 5.56 Å². The molecule has 2 aromatic carbocycles. The van der Waals surface area contributed by atoms with Gasteiger partial charge in [0, 0.05) is 27.2 Å². The summed E-state index contributed by atoms with van der Waals surface area (Å²) in [5.74, 6) is 0.556. The SMILES string of the molecule is Cn1c(=O)c2[nH]c(N(Cc3ccccc3)Cc3ccccc3)nc2n(C)c1=O. The van der Waals surface area contributed by atoms with Crippen LogP contribution in [-0.4, -0.2) is 19.1 Å². The molecule has 0 saturated carbocycles. The van der Waals surface area contributed by atoms with Gasteiger partial charge in [0.1, 0.15) is 0 Å². The van der Waals surface area contributed by atoms with Gasteiger partial charge in [-0.15, -0.1) is 0 Å². The van der Waals surface area contributed by atoms with Crippen molar-refractivity contribution < 1.29 is 0 Å². The van der Waals surface area contributed by atoms with Crippen molar-refractivity contribution in [3.05, 3.63) is 92.6 Å². The van der Waals surface area contributed by atoms with E-state index in [1.54, 1.807) is 7.05 Å². The minimum Gasteiger partial charge on any atom is -0.334 e. The maximum atomic E-state index is 12.5. The van der Waals surface area contributed by atoms with E-state index >= 15 is 0 Å². The van der Waals surface area contributed by atoms with Gasteiger partial charge in [-0.1, -0.05) is 60.7 Å². The number of imidazole rings is 1. The number of H-pyrrole nitrogens is 1. The maximum absolute atomic E-state index is 12.5. The van der Waals surface area contributed by atoms with Crippen LogP contribution in [0.2, 0.25) is 0 Å². The first-order valence-corrected chi connectivity index (χ1v) is 9.03. The molecule has 4 rings (SSSR count). The first-order chi connectivity index (χ1) is 13.5.